The Hall–Kier alpha value is -3.20. The lowest BCUT2D eigenvalue weighted by Crippen LogP contribution is -2.24. The number of fused-ring (bicyclic) bond motifs is 1. The summed E-state index contributed by atoms with van der Waals surface area (Å²) in [6.07, 6.45) is 0. The van der Waals surface area contributed by atoms with Crippen LogP contribution in [0.4, 0.5) is 5.95 Å². The molecular formula is C22H26N6O2S. The molecule has 3 N–H and O–H groups in total. The van der Waals surface area contributed by atoms with Crippen molar-refractivity contribution in [3.63, 3.8) is 0 Å². The molecule has 3 heterocycles. The van der Waals surface area contributed by atoms with Gasteiger partial charge in [-0.15, -0.1) is 0 Å². The Balaban J connectivity index is 1.99. The van der Waals surface area contributed by atoms with Crippen molar-refractivity contribution in [3.05, 3.63) is 48.3 Å². The highest BCUT2D eigenvalue weighted by atomic mass is 32.2. The van der Waals surface area contributed by atoms with Crippen molar-refractivity contribution in [1.29, 1.82) is 0 Å². The van der Waals surface area contributed by atoms with Gasteiger partial charge in [-0.25, -0.2) is 23.4 Å². The number of hydrogen-bond donors (Lipinski definition) is 2. The topological polar surface area (TPSA) is 120 Å². The van der Waals surface area contributed by atoms with Crippen LogP contribution >= 0.6 is 0 Å². The lowest BCUT2D eigenvalue weighted by molar-refractivity contribution is 0.553. The summed E-state index contributed by atoms with van der Waals surface area (Å²) in [6.45, 7) is 9.43. The molecule has 0 unspecified atom stereocenters. The summed E-state index contributed by atoms with van der Waals surface area (Å²) in [7, 11) is -3.73. The molecule has 9 heteroatoms. The minimum Gasteiger partial charge on any atom is -0.368 e. The van der Waals surface area contributed by atoms with Crippen LogP contribution in [-0.2, 0) is 15.4 Å². The van der Waals surface area contributed by atoms with E-state index in [-0.39, 0.29) is 17.0 Å². The number of nitrogen functional groups attached to an aromatic ring is 1. The summed E-state index contributed by atoms with van der Waals surface area (Å²) < 4.78 is 26.8. The van der Waals surface area contributed by atoms with Gasteiger partial charge in [0.25, 0.3) is 0 Å². The van der Waals surface area contributed by atoms with Crippen LogP contribution in [0.15, 0.2) is 42.5 Å². The molecule has 1 aromatic carbocycles. The van der Waals surface area contributed by atoms with E-state index < -0.39 is 15.3 Å². The van der Waals surface area contributed by atoms with Crippen molar-refractivity contribution in [2.24, 2.45) is 0 Å². The lowest BCUT2D eigenvalue weighted by Gasteiger charge is -2.14. The summed E-state index contributed by atoms with van der Waals surface area (Å²) in [5.41, 5.74) is 9.34. The van der Waals surface area contributed by atoms with Crippen LogP contribution in [0.5, 0.6) is 0 Å². The van der Waals surface area contributed by atoms with E-state index in [0.29, 0.717) is 16.9 Å². The molecule has 0 aliphatic carbocycles. The van der Waals surface area contributed by atoms with Gasteiger partial charge in [-0.1, -0.05) is 51.1 Å². The van der Waals surface area contributed by atoms with Crippen molar-refractivity contribution in [2.45, 2.75) is 45.3 Å². The quantitative estimate of drug-likeness (QED) is 0.498. The van der Waals surface area contributed by atoms with Gasteiger partial charge in [-0.3, -0.25) is 0 Å². The molecule has 0 fully saturated rings. The number of nitrogens with two attached hydrogens (primary N) is 1. The SMILES string of the molecule is CC(C)S(=O)(=O)n1c(N)nc2ccc(-c3[nH]c(C(C)(C)C)nc3-c3ccccc3)nc21. The maximum absolute atomic E-state index is 12.9. The molecule has 0 aliphatic heterocycles. The molecule has 31 heavy (non-hydrogen) atoms. The number of anilines is 1. The van der Waals surface area contributed by atoms with E-state index in [1.165, 1.54) is 0 Å². The van der Waals surface area contributed by atoms with E-state index in [0.717, 1.165) is 21.1 Å². The zero-order chi connectivity index (χ0) is 22.6. The highest BCUT2D eigenvalue weighted by Gasteiger charge is 2.27. The largest absolute Gasteiger partial charge is 0.368 e. The molecule has 4 aromatic rings. The molecule has 0 saturated heterocycles. The molecule has 8 nitrogen and oxygen atoms in total. The van der Waals surface area contributed by atoms with Crippen molar-refractivity contribution >= 4 is 27.1 Å². The van der Waals surface area contributed by atoms with E-state index >= 15 is 0 Å². The molecule has 0 saturated carbocycles. The van der Waals surface area contributed by atoms with Crippen molar-refractivity contribution in [3.8, 4) is 22.6 Å². The molecule has 162 valence electrons. The van der Waals surface area contributed by atoms with Gasteiger partial charge < -0.3 is 10.7 Å². The Morgan fingerprint density at radius 2 is 1.68 bits per heavy atom. The van der Waals surface area contributed by atoms with E-state index in [1.54, 1.807) is 26.0 Å². The predicted octanol–water partition coefficient (Wildman–Crippen LogP) is 3.95. The molecule has 0 radical (unpaired) electrons. The van der Waals surface area contributed by atoms with Gasteiger partial charge in [0.1, 0.15) is 11.3 Å². The Morgan fingerprint density at radius 1 is 1.00 bits per heavy atom. The summed E-state index contributed by atoms with van der Waals surface area (Å²) in [5.74, 6) is 0.711. The van der Waals surface area contributed by atoms with Crippen LogP contribution in [0.2, 0.25) is 0 Å². The van der Waals surface area contributed by atoms with E-state index in [4.69, 9.17) is 10.7 Å². The number of nitrogens with one attached hydrogen (secondary N) is 1. The second-order valence-electron chi connectivity index (χ2n) is 8.79. The Labute approximate surface area is 181 Å². The third kappa shape index (κ3) is 3.59. The first-order valence-electron chi connectivity index (χ1n) is 10.1. The van der Waals surface area contributed by atoms with Crippen LogP contribution in [0.25, 0.3) is 33.8 Å². The number of aromatic amines is 1. The summed E-state index contributed by atoms with van der Waals surface area (Å²) >= 11 is 0. The first kappa shape index (κ1) is 21.0. The number of rotatable bonds is 4. The Morgan fingerprint density at radius 3 is 2.29 bits per heavy atom. The minimum atomic E-state index is -3.73. The predicted molar refractivity (Wildman–Crippen MR) is 123 cm³/mol. The van der Waals surface area contributed by atoms with Crippen LogP contribution in [0.3, 0.4) is 0 Å². The van der Waals surface area contributed by atoms with E-state index in [1.807, 2.05) is 30.3 Å². The van der Waals surface area contributed by atoms with Gasteiger partial charge in [0.15, 0.2) is 5.65 Å². The molecule has 4 rings (SSSR count). The normalized spacial score (nSPS) is 12.7. The van der Waals surface area contributed by atoms with Gasteiger partial charge in [-0.2, -0.15) is 3.97 Å². The second kappa shape index (κ2) is 7.19. The fourth-order valence-corrected chi connectivity index (χ4v) is 4.37. The molecule has 0 spiro atoms. The lowest BCUT2D eigenvalue weighted by atomic mass is 9.96. The zero-order valence-electron chi connectivity index (χ0n) is 18.2. The maximum atomic E-state index is 12.9. The molecule has 0 aliphatic rings. The van der Waals surface area contributed by atoms with Crippen molar-refractivity contribution < 1.29 is 8.42 Å². The average Bonchev–Trinajstić information content (AvgIpc) is 3.29. The third-order valence-electron chi connectivity index (χ3n) is 5.06. The summed E-state index contributed by atoms with van der Waals surface area (Å²) in [5, 5.41) is -0.669. The minimum absolute atomic E-state index is 0.100. The Kier molecular flexibility index (Phi) is 4.88. The number of pyridine rings is 1. The first-order chi connectivity index (χ1) is 14.5. The second-order valence-corrected chi connectivity index (χ2v) is 11.1. The number of hydrogen-bond acceptors (Lipinski definition) is 6. The van der Waals surface area contributed by atoms with Gasteiger partial charge in [0, 0.05) is 11.0 Å². The average molecular weight is 439 g/mol. The highest BCUT2D eigenvalue weighted by molar-refractivity contribution is 7.90. The van der Waals surface area contributed by atoms with Crippen LogP contribution < -0.4 is 5.73 Å². The first-order valence-corrected chi connectivity index (χ1v) is 11.6. The van der Waals surface area contributed by atoms with Gasteiger partial charge in [-0.05, 0) is 26.0 Å². The van der Waals surface area contributed by atoms with Crippen LogP contribution in [0, 0.1) is 0 Å². The third-order valence-corrected chi connectivity index (χ3v) is 7.12. The molecule has 0 amide bonds. The van der Waals surface area contributed by atoms with Crippen LogP contribution in [-0.4, -0.2) is 37.6 Å². The van der Waals surface area contributed by atoms with E-state index in [2.05, 4.69) is 35.7 Å². The smallest absolute Gasteiger partial charge is 0.245 e. The fraction of sp³-hybridized carbons (Fsp3) is 0.318. The monoisotopic (exact) mass is 438 g/mol. The van der Waals surface area contributed by atoms with Crippen molar-refractivity contribution in [1.82, 2.24) is 23.9 Å². The fourth-order valence-electron chi connectivity index (χ4n) is 3.27. The Bertz CT molecular complexity index is 1360. The van der Waals surface area contributed by atoms with Gasteiger partial charge >= 0.3 is 0 Å². The molecular weight excluding hydrogens is 412 g/mol. The van der Waals surface area contributed by atoms with Crippen molar-refractivity contribution in [2.75, 3.05) is 5.73 Å². The zero-order valence-corrected chi connectivity index (χ0v) is 19.0. The maximum Gasteiger partial charge on any atom is 0.245 e. The number of benzene rings is 1. The number of aromatic nitrogens is 5. The summed E-state index contributed by atoms with van der Waals surface area (Å²) in [4.78, 5) is 17.1. The molecule has 3 aromatic heterocycles. The van der Waals surface area contributed by atoms with Gasteiger partial charge in [0.2, 0.25) is 16.0 Å². The van der Waals surface area contributed by atoms with Gasteiger partial charge in [0.05, 0.1) is 22.3 Å². The van der Waals surface area contributed by atoms with E-state index in [9.17, 15) is 8.42 Å². The standard InChI is InChI=1S/C22H26N6O2S/c1-13(2)31(29,30)28-19-16(25-21(28)23)12-11-15(24-19)18-17(14-9-7-6-8-10-14)26-20(27-18)22(3,4)5/h6-13H,1-5H3,(H2,23,25)(H,26,27). The number of imidazole rings is 2. The number of H-pyrrole nitrogens is 1. The number of nitrogens with zero attached hydrogens (tertiary/aromatic N) is 4. The summed E-state index contributed by atoms with van der Waals surface area (Å²) in [6, 6.07) is 13.3. The molecule has 0 atom stereocenters. The highest BCUT2D eigenvalue weighted by Crippen LogP contribution is 2.33. The van der Waals surface area contributed by atoms with Crippen LogP contribution in [0.1, 0.15) is 40.4 Å². The molecule has 0 bridgehead atoms.